The molecule has 0 aromatic carbocycles. The standard InChI is InChI=1S/C12H18N6O4/c1-17(2)5-3-14-15-11-7(5)10(13)16-18(11)12-9(21)8(20)6(4-19)22-12/h3,6,8-9,12,19-21H,4H2,1-2H3,(H2,13,16)/t6-,8?,9?,12-/m0/s1. The third kappa shape index (κ3) is 2.08. The molecule has 0 amide bonds. The summed E-state index contributed by atoms with van der Waals surface area (Å²) in [5.74, 6) is 0.214. The van der Waals surface area contributed by atoms with Crippen molar-refractivity contribution in [1.29, 1.82) is 0 Å². The Labute approximate surface area is 125 Å². The zero-order chi connectivity index (χ0) is 16.0. The Balaban J connectivity index is 2.11. The van der Waals surface area contributed by atoms with Gasteiger partial charge in [-0.3, -0.25) is 0 Å². The first-order valence-electron chi connectivity index (χ1n) is 6.74. The Hall–Kier alpha value is -2.01. The van der Waals surface area contributed by atoms with Crippen LogP contribution in [0.4, 0.5) is 11.5 Å². The van der Waals surface area contributed by atoms with E-state index in [-0.39, 0.29) is 5.82 Å². The number of ether oxygens (including phenoxy) is 1. The van der Waals surface area contributed by atoms with E-state index in [1.807, 2.05) is 19.0 Å². The number of aliphatic hydroxyl groups excluding tert-OH is 3. The first kappa shape index (κ1) is 14.9. The second kappa shape index (κ2) is 5.32. The predicted octanol–water partition coefficient (Wildman–Crippen LogP) is -1.91. The van der Waals surface area contributed by atoms with Crippen LogP contribution in [0.1, 0.15) is 6.23 Å². The van der Waals surface area contributed by atoms with Crippen LogP contribution in [0.2, 0.25) is 0 Å². The number of aromatic nitrogens is 4. The summed E-state index contributed by atoms with van der Waals surface area (Å²) in [7, 11) is 3.67. The highest BCUT2D eigenvalue weighted by Crippen LogP contribution is 2.34. The van der Waals surface area contributed by atoms with Gasteiger partial charge in [-0.2, -0.15) is 10.2 Å². The third-order valence-corrected chi connectivity index (χ3v) is 3.74. The van der Waals surface area contributed by atoms with E-state index in [1.165, 1.54) is 4.68 Å². The summed E-state index contributed by atoms with van der Waals surface area (Å²) in [5, 5.41) is 41.8. The highest BCUT2D eigenvalue weighted by atomic mass is 16.6. The molecule has 2 unspecified atom stereocenters. The second-order valence-electron chi connectivity index (χ2n) is 5.38. The molecule has 0 radical (unpaired) electrons. The molecule has 1 aliphatic rings. The van der Waals surface area contributed by atoms with E-state index in [4.69, 9.17) is 15.6 Å². The van der Waals surface area contributed by atoms with Crippen LogP contribution < -0.4 is 10.6 Å². The van der Waals surface area contributed by atoms with Gasteiger partial charge in [0.15, 0.2) is 17.7 Å². The molecule has 22 heavy (non-hydrogen) atoms. The van der Waals surface area contributed by atoms with Crippen molar-refractivity contribution in [2.75, 3.05) is 31.3 Å². The average Bonchev–Trinajstić information content (AvgIpc) is 2.98. The first-order chi connectivity index (χ1) is 10.5. The number of anilines is 2. The number of hydrogen-bond acceptors (Lipinski definition) is 9. The molecular formula is C12H18N6O4. The maximum Gasteiger partial charge on any atom is 0.187 e. The fourth-order valence-electron chi connectivity index (χ4n) is 2.59. The molecule has 2 aromatic rings. The van der Waals surface area contributed by atoms with Gasteiger partial charge in [-0.15, -0.1) is 5.10 Å². The second-order valence-corrected chi connectivity index (χ2v) is 5.38. The van der Waals surface area contributed by atoms with Gasteiger partial charge >= 0.3 is 0 Å². The minimum absolute atomic E-state index is 0.214. The first-order valence-corrected chi connectivity index (χ1v) is 6.74. The smallest absolute Gasteiger partial charge is 0.187 e. The minimum Gasteiger partial charge on any atom is -0.394 e. The summed E-state index contributed by atoms with van der Waals surface area (Å²) in [6.45, 7) is -0.419. The van der Waals surface area contributed by atoms with E-state index in [9.17, 15) is 10.2 Å². The normalized spacial score (nSPS) is 28.4. The van der Waals surface area contributed by atoms with Crippen molar-refractivity contribution >= 4 is 22.5 Å². The highest BCUT2D eigenvalue weighted by Gasteiger charge is 2.44. The molecule has 10 nitrogen and oxygen atoms in total. The fraction of sp³-hybridized carbons (Fsp3) is 0.583. The van der Waals surface area contributed by atoms with Gasteiger partial charge in [0.25, 0.3) is 0 Å². The molecule has 3 rings (SSSR count). The number of fused-ring (bicyclic) bond motifs is 1. The Morgan fingerprint density at radius 2 is 2.09 bits per heavy atom. The van der Waals surface area contributed by atoms with Crippen molar-refractivity contribution in [2.45, 2.75) is 24.5 Å². The summed E-state index contributed by atoms with van der Waals surface area (Å²) >= 11 is 0. The van der Waals surface area contributed by atoms with Crippen molar-refractivity contribution in [1.82, 2.24) is 20.0 Å². The molecule has 0 aliphatic carbocycles. The van der Waals surface area contributed by atoms with Gasteiger partial charge in [0, 0.05) is 14.1 Å². The van der Waals surface area contributed by atoms with E-state index in [0.29, 0.717) is 11.0 Å². The Morgan fingerprint density at radius 1 is 1.36 bits per heavy atom. The van der Waals surface area contributed by atoms with Gasteiger partial charge in [0.1, 0.15) is 18.3 Å². The minimum atomic E-state index is -1.26. The maximum atomic E-state index is 10.1. The molecule has 3 heterocycles. The van der Waals surface area contributed by atoms with Crippen molar-refractivity contribution < 1.29 is 20.1 Å². The number of nitrogens with zero attached hydrogens (tertiary/aromatic N) is 5. The zero-order valence-corrected chi connectivity index (χ0v) is 12.2. The van der Waals surface area contributed by atoms with Crippen molar-refractivity contribution in [3.63, 3.8) is 0 Å². The lowest BCUT2D eigenvalue weighted by molar-refractivity contribution is -0.0565. The molecule has 1 fully saturated rings. The molecule has 0 spiro atoms. The third-order valence-electron chi connectivity index (χ3n) is 3.74. The number of nitrogens with two attached hydrogens (primary N) is 1. The van der Waals surface area contributed by atoms with Gasteiger partial charge in [-0.1, -0.05) is 0 Å². The molecule has 10 heteroatoms. The molecule has 1 saturated heterocycles. The quantitative estimate of drug-likeness (QED) is 0.510. The molecule has 0 saturated carbocycles. The van der Waals surface area contributed by atoms with Crippen LogP contribution in [0, 0.1) is 0 Å². The van der Waals surface area contributed by atoms with Crippen LogP contribution >= 0.6 is 0 Å². The zero-order valence-electron chi connectivity index (χ0n) is 12.2. The van der Waals surface area contributed by atoms with Crippen LogP contribution in [0.3, 0.4) is 0 Å². The SMILES string of the molecule is CN(C)c1cnnc2c1c(N)nn2[C@H]1O[C@@H](CO)C(O)C1O. The van der Waals surface area contributed by atoms with E-state index >= 15 is 0 Å². The van der Waals surface area contributed by atoms with E-state index in [1.54, 1.807) is 6.20 Å². The Kier molecular flexibility index (Phi) is 3.60. The summed E-state index contributed by atoms with van der Waals surface area (Å²) in [6.07, 6.45) is -2.82. The van der Waals surface area contributed by atoms with Crippen LogP contribution in [0.5, 0.6) is 0 Å². The van der Waals surface area contributed by atoms with Crippen LogP contribution in [-0.2, 0) is 4.74 Å². The molecule has 5 N–H and O–H groups in total. The summed E-state index contributed by atoms with van der Waals surface area (Å²) in [4.78, 5) is 1.82. The summed E-state index contributed by atoms with van der Waals surface area (Å²) < 4.78 is 6.74. The van der Waals surface area contributed by atoms with E-state index in [2.05, 4.69) is 15.3 Å². The Bertz CT molecular complexity index is 690. The van der Waals surface area contributed by atoms with Gasteiger partial charge in [-0.05, 0) is 0 Å². The predicted molar refractivity (Wildman–Crippen MR) is 77.1 cm³/mol. The maximum absolute atomic E-state index is 10.1. The molecule has 0 bridgehead atoms. The lowest BCUT2D eigenvalue weighted by atomic mass is 10.1. The van der Waals surface area contributed by atoms with Gasteiger partial charge < -0.3 is 30.7 Å². The van der Waals surface area contributed by atoms with Crippen molar-refractivity contribution in [3.8, 4) is 0 Å². The number of rotatable bonds is 3. The van der Waals surface area contributed by atoms with Gasteiger partial charge in [0.05, 0.1) is 23.9 Å². The highest BCUT2D eigenvalue weighted by molar-refractivity contribution is 5.97. The van der Waals surface area contributed by atoms with E-state index in [0.717, 1.165) is 5.69 Å². The van der Waals surface area contributed by atoms with Crippen molar-refractivity contribution in [2.24, 2.45) is 0 Å². The molecule has 1 aliphatic heterocycles. The van der Waals surface area contributed by atoms with Crippen LogP contribution in [0.25, 0.3) is 11.0 Å². The molecular weight excluding hydrogens is 292 g/mol. The van der Waals surface area contributed by atoms with Crippen molar-refractivity contribution in [3.05, 3.63) is 6.20 Å². The average molecular weight is 310 g/mol. The number of aliphatic hydroxyl groups is 3. The topological polar surface area (TPSA) is 143 Å². The molecule has 2 aromatic heterocycles. The van der Waals surface area contributed by atoms with Gasteiger partial charge in [-0.25, -0.2) is 4.68 Å². The summed E-state index contributed by atoms with van der Waals surface area (Å²) in [6, 6.07) is 0. The number of nitrogen functional groups attached to an aromatic ring is 1. The Morgan fingerprint density at radius 3 is 2.68 bits per heavy atom. The van der Waals surface area contributed by atoms with Crippen LogP contribution in [0.15, 0.2) is 6.20 Å². The monoisotopic (exact) mass is 310 g/mol. The lowest BCUT2D eigenvalue weighted by Crippen LogP contribution is -2.33. The fourth-order valence-corrected chi connectivity index (χ4v) is 2.59. The largest absolute Gasteiger partial charge is 0.394 e. The number of hydrogen-bond donors (Lipinski definition) is 4. The van der Waals surface area contributed by atoms with Gasteiger partial charge in [0.2, 0.25) is 0 Å². The summed E-state index contributed by atoms with van der Waals surface area (Å²) in [5.41, 5.74) is 7.01. The lowest BCUT2D eigenvalue weighted by Gasteiger charge is -2.16. The van der Waals surface area contributed by atoms with Crippen LogP contribution in [-0.4, -0.2) is 74.3 Å². The van der Waals surface area contributed by atoms with E-state index < -0.39 is 31.1 Å². The molecule has 4 atom stereocenters. The molecule has 120 valence electrons.